The highest BCUT2D eigenvalue weighted by molar-refractivity contribution is 7.89. The molecule has 1 unspecified atom stereocenters. The van der Waals surface area contributed by atoms with Gasteiger partial charge in [0.05, 0.1) is 17.5 Å². The first-order chi connectivity index (χ1) is 10.0. The molecular weight excluding hydrogens is 288 g/mol. The molecule has 0 aromatic heterocycles. The summed E-state index contributed by atoms with van der Waals surface area (Å²) in [6, 6.07) is 6.66. The number of sulfonamides is 1. The van der Waals surface area contributed by atoms with E-state index >= 15 is 0 Å². The summed E-state index contributed by atoms with van der Waals surface area (Å²) in [5, 5.41) is 0. The molecule has 6 heteroatoms. The molecule has 114 valence electrons. The lowest BCUT2D eigenvalue weighted by Crippen LogP contribution is -2.35. The van der Waals surface area contributed by atoms with Crippen LogP contribution in [0.5, 0.6) is 0 Å². The number of hydrogen-bond donors (Lipinski definition) is 1. The molecule has 2 N–H and O–H groups in total. The number of hydrogen-bond acceptors (Lipinski definition) is 4. The smallest absolute Gasteiger partial charge is 0.243 e. The van der Waals surface area contributed by atoms with E-state index in [9.17, 15) is 8.42 Å². The zero-order valence-corrected chi connectivity index (χ0v) is 12.9. The lowest BCUT2D eigenvalue weighted by atomic mass is 10.2. The van der Waals surface area contributed by atoms with Crippen LogP contribution in [0.4, 0.5) is 0 Å². The van der Waals surface area contributed by atoms with E-state index in [1.807, 2.05) is 6.92 Å². The number of benzene rings is 1. The van der Waals surface area contributed by atoms with Crippen molar-refractivity contribution in [1.29, 1.82) is 0 Å². The standard InChI is InChI=1S/C15H20N2O3S/c1-13-12-17(9-4-10-20-13)21(18,19)15-7-2-5-14(11-15)6-3-8-16/h2,5,7,11,13H,4,8-10,12,16H2,1H3. The summed E-state index contributed by atoms with van der Waals surface area (Å²) in [6.45, 7) is 3.58. The molecule has 0 bridgehead atoms. The van der Waals surface area contributed by atoms with Crippen LogP contribution >= 0.6 is 0 Å². The molecule has 2 rings (SSSR count). The van der Waals surface area contributed by atoms with Gasteiger partial charge in [-0.05, 0) is 31.5 Å². The van der Waals surface area contributed by atoms with Crippen LogP contribution in [0.15, 0.2) is 29.2 Å². The average Bonchev–Trinajstić information content (AvgIpc) is 2.70. The molecule has 1 aromatic rings. The maximum absolute atomic E-state index is 12.7. The van der Waals surface area contributed by atoms with E-state index in [2.05, 4.69) is 11.8 Å². The molecule has 1 heterocycles. The van der Waals surface area contributed by atoms with Gasteiger partial charge in [-0.3, -0.25) is 0 Å². The molecule has 0 saturated carbocycles. The fourth-order valence-electron chi connectivity index (χ4n) is 2.21. The van der Waals surface area contributed by atoms with E-state index in [1.165, 1.54) is 4.31 Å². The number of nitrogens with two attached hydrogens (primary N) is 1. The fraction of sp³-hybridized carbons (Fsp3) is 0.467. The van der Waals surface area contributed by atoms with Gasteiger partial charge in [-0.25, -0.2) is 8.42 Å². The third kappa shape index (κ3) is 4.05. The Morgan fingerprint density at radius 1 is 1.48 bits per heavy atom. The first-order valence-electron chi connectivity index (χ1n) is 6.95. The number of nitrogens with zero attached hydrogens (tertiary/aromatic N) is 1. The Morgan fingerprint density at radius 3 is 3.05 bits per heavy atom. The van der Waals surface area contributed by atoms with Gasteiger partial charge in [-0.1, -0.05) is 17.9 Å². The van der Waals surface area contributed by atoms with E-state index in [0.717, 1.165) is 0 Å². The third-order valence-electron chi connectivity index (χ3n) is 3.22. The zero-order valence-electron chi connectivity index (χ0n) is 12.1. The van der Waals surface area contributed by atoms with E-state index in [4.69, 9.17) is 10.5 Å². The Kier molecular flexibility index (Phi) is 5.37. The molecule has 1 aromatic carbocycles. The zero-order chi connectivity index (χ0) is 15.3. The SMILES string of the molecule is CC1CN(S(=O)(=O)c2cccc(C#CCN)c2)CCCO1. The molecule has 1 aliphatic rings. The second-order valence-electron chi connectivity index (χ2n) is 4.93. The molecule has 21 heavy (non-hydrogen) atoms. The molecule has 1 atom stereocenters. The summed E-state index contributed by atoms with van der Waals surface area (Å²) in [4.78, 5) is 0.264. The summed E-state index contributed by atoms with van der Waals surface area (Å²) in [7, 11) is -3.51. The van der Waals surface area contributed by atoms with Crippen molar-refractivity contribution in [3.8, 4) is 11.8 Å². The van der Waals surface area contributed by atoms with E-state index < -0.39 is 10.0 Å². The predicted molar refractivity (Wildman–Crippen MR) is 81.2 cm³/mol. The average molecular weight is 308 g/mol. The molecule has 0 radical (unpaired) electrons. The Bertz CT molecular complexity index is 646. The molecule has 1 saturated heterocycles. The van der Waals surface area contributed by atoms with Crippen LogP contribution in [0.2, 0.25) is 0 Å². The van der Waals surface area contributed by atoms with Gasteiger partial charge in [0.1, 0.15) is 0 Å². The summed E-state index contributed by atoms with van der Waals surface area (Å²) in [5.41, 5.74) is 5.99. The van der Waals surface area contributed by atoms with E-state index in [1.54, 1.807) is 24.3 Å². The van der Waals surface area contributed by atoms with Gasteiger partial charge in [0, 0.05) is 25.3 Å². The minimum atomic E-state index is -3.51. The van der Waals surface area contributed by atoms with Crippen LogP contribution in [0.1, 0.15) is 18.9 Å². The maximum atomic E-state index is 12.7. The predicted octanol–water partition coefficient (Wildman–Crippen LogP) is 0.796. The highest BCUT2D eigenvalue weighted by Gasteiger charge is 2.27. The lowest BCUT2D eigenvalue weighted by molar-refractivity contribution is 0.0752. The Balaban J connectivity index is 2.30. The highest BCUT2D eigenvalue weighted by atomic mass is 32.2. The van der Waals surface area contributed by atoms with Gasteiger partial charge in [0.15, 0.2) is 0 Å². The topological polar surface area (TPSA) is 72.6 Å². The van der Waals surface area contributed by atoms with Crippen LogP contribution in [0.3, 0.4) is 0 Å². The van der Waals surface area contributed by atoms with Gasteiger partial charge in [0.2, 0.25) is 10.0 Å². The normalized spacial score (nSPS) is 20.4. The minimum absolute atomic E-state index is 0.0949. The molecule has 0 aliphatic carbocycles. The van der Waals surface area contributed by atoms with Gasteiger partial charge in [0.25, 0.3) is 0 Å². The molecular formula is C15H20N2O3S. The van der Waals surface area contributed by atoms with Crippen molar-refractivity contribution < 1.29 is 13.2 Å². The maximum Gasteiger partial charge on any atom is 0.243 e. The van der Waals surface area contributed by atoms with Gasteiger partial charge in [-0.2, -0.15) is 4.31 Å². The molecule has 1 fully saturated rings. The van der Waals surface area contributed by atoms with Crippen LogP contribution in [-0.4, -0.2) is 45.1 Å². The molecule has 1 aliphatic heterocycles. The van der Waals surface area contributed by atoms with Crippen molar-refractivity contribution in [1.82, 2.24) is 4.31 Å². The monoisotopic (exact) mass is 308 g/mol. The summed E-state index contributed by atoms with van der Waals surface area (Å²) >= 11 is 0. The molecule has 5 nitrogen and oxygen atoms in total. The Labute approximate surface area is 126 Å². The fourth-order valence-corrected chi connectivity index (χ4v) is 3.81. The highest BCUT2D eigenvalue weighted by Crippen LogP contribution is 2.19. The van der Waals surface area contributed by atoms with Gasteiger partial charge < -0.3 is 10.5 Å². The molecule has 0 spiro atoms. The van der Waals surface area contributed by atoms with E-state index in [0.29, 0.717) is 31.7 Å². The summed E-state index contributed by atoms with van der Waals surface area (Å²) < 4.78 is 32.4. The van der Waals surface area contributed by atoms with Crippen LogP contribution < -0.4 is 5.73 Å². The lowest BCUT2D eigenvalue weighted by Gasteiger charge is -2.21. The second kappa shape index (κ2) is 7.05. The summed E-state index contributed by atoms with van der Waals surface area (Å²) in [5.74, 6) is 5.59. The van der Waals surface area contributed by atoms with Crippen molar-refractivity contribution in [2.75, 3.05) is 26.2 Å². The van der Waals surface area contributed by atoms with Gasteiger partial charge >= 0.3 is 0 Å². The van der Waals surface area contributed by atoms with Crippen molar-refractivity contribution in [2.45, 2.75) is 24.3 Å². The largest absolute Gasteiger partial charge is 0.377 e. The number of rotatable bonds is 2. The quantitative estimate of drug-likeness (QED) is 0.820. The first-order valence-corrected chi connectivity index (χ1v) is 8.39. The van der Waals surface area contributed by atoms with Crippen molar-refractivity contribution in [2.24, 2.45) is 5.73 Å². The van der Waals surface area contributed by atoms with Crippen molar-refractivity contribution in [3.63, 3.8) is 0 Å². The number of ether oxygens (including phenoxy) is 1. The van der Waals surface area contributed by atoms with Crippen LogP contribution in [0.25, 0.3) is 0 Å². The van der Waals surface area contributed by atoms with Crippen LogP contribution in [0, 0.1) is 11.8 Å². The van der Waals surface area contributed by atoms with E-state index in [-0.39, 0.29) is 17.5 Å². The van der Waals surface area contributed by atoms with Gasteiger partial charge in [-0.15, -0.1) is 0 Å². The third-order valence-corrected chi connectivity index (χ3v) is 5.08. The Morgan fingerprint density at radius 2 is 2.29 bits per heavy atom. The summed E-state index contributed by atoms with van der Waals surface area (Å²) in [6.07, 6.45) is 0.610. The minimum Gasteiger partial charge on any atom is -0.377 e. The second-order valence-corrected chi connectivity index (χ2v) is 6.87. The first kappa shape index (κ1) is 16.0. The molecule has 0 amide bonds. The Hall–Kier alpha value is -1.39. The van der Waals surface area contributed by atoms with Crippen molar-refractivity contribution in [3.05, 3.63) is 29.8 Å². The van der Waals surface area contributed by atoms with Crippen molar-refractivity contribution >= 4 is 10.0 Å². The van der Waals surface area contributed by atoms with Crippen LogP contribution in [-0.2, 0) is 14.8 Å².